The number of aromatic nitrogens is 1. The minimum absolute atomic E-state index is 0.165. The highest BCUT2D eigenvalue weighted by atomic mass is 16.5. The molecule has 2 aromatic rings. The lowest BCUT2D eigenvalue weighted by atomic mass is 10.1. The summed E-state index contributed by atoms with van der Waals surface area (Å²) in [5.41, 5.74) is 7.34. The van der Waals surface area contributed by atoms with E-state index in [0.29, 0.717) is 23.1 Å². The molecule has 1 atom stereocenters. The molecule has 0 spiro atoms. The fourth-order valence-corrected chi connectivity index (χ4v) is 2.38. The lowest BCUT2D eigenvalue weighted by molar-refractivity contribution is -0.117. The first-order valence-corrected chi connectivity index (χ1v) is 8.30. The van der Waals surface area contributed by atoms with Gasteiger partial charge in [0, 0.05) is 11.8 Å². The summed E-state index contributed by atoms with van der Waals surface area (Å²) in [5.74, 6) is 1.66. The zero-order valence-electron chi connectivity index (χ0n) is 14.4. The number of oxazole rings is 1. The van der Waals surface area contributed by atoms with Gasteiger partial charge >= 0.3 is 0 Å². The average molecular weight is 331 g/mol. The molecule has 0 saturated heterocycles. The van der Waals surface area contributed by atoms with E-state index in [1.807, 2.05) is 19.9 Å². The lowest BCUT2D eigenvalue weighted by Gasteiger charge is -2.13. The molecule has 1 aromatic heterocycles. The summed E-state index contributed by atoms with van der Waals surface area (Å²) in [4.78, 5) is 16.0. The van der Waals surface area contributed by atoms with Gasteiger partial charge in [-0.3, -0.25) is 4.79 Å². The van der Waals surface area contributed by atoms with Gasteiger partial charge in [0.2, 0.25) is 5.91 Å². The molecular formula is C18H25N3O3. The fraction of sp³-hybridized carbons (Fsp3) is 0.444. The van der Waals surface area contributed by atoms with Gasteiger partial charge in [-0.1, -0.05) is 26.7 Å². The number of rotatable bonds is 6. The summed E-state index contributed by atoms with van der Waals surface area (Å²) in [5, 5.41) is 2.83. The molecule has 1 amide bonds. The van der Waals surface area contributed by atoms with Crippen LogP contribution in [0.5, 0.6) is 5.75 Å². The third kappa shape index (κ3) is 4.58. The zero-order valence-corrected chi connectivity index (χ0v) is 14.4. The summed E-state index contributed by atoms with van der Waals surface area (Å²) >= 11 is 0. The molecule has 1 saturated carbocycles. The topological polar surface area (TPSA) is 90.4 Å². The minimum atomic E-state index is -0.465. The summed E-state index contributed by atoms with van der Waals surface area (Å²) < 4.78 is 10.6. The third-order valence-corrected chi connectivity index (χ3v) is 3.79. The standard InChI is InChI=1S/C16H19N3O3.C2H6/c1-21-14-7-11(4-5-12(14)15-8-18-9-22-15)19-16(20)13(17)6-10-2-3-10;1-2/h4-5,7-10,13H,2-3,6,17H2,1H3,(H,19,20);1-2H3. The third-order valence-electron chi connectivity index (χ3n) is 3.79. The molecule has 1 heterocycles. The second kappa shape index (κ2) is 8.49. The van der Waals surface area contributed by atoms with Crippen molar-refractivity contribution in [1.82, 2.24) is 4.98 Å². The summed E-state index contributed by atoms with van der Waals surface area (Å²) in [6.45, 7) is 4.00. The van der Waals surface area contributed by atoms with Crippen molar-refractivity contribution in [1.29, 1.82) is 0 Å². The van der Waals surface area contributed by atoms with Gasteiger partial charge in [-0.2, -0.15) is 0 Å². The monoisotopic (exact) mass is 331 g/mol. The Bertz CT molecular complexity index is 652. The molecule has 1 aliphatic carbocycles. The SMILES string of the molecule is CC.COc1cc(NC(=O)C(N)CC2CC2)ccc1-c1cnco1. The Balaban J connectivity index is 0.00000100. The molecule has 24 heavy (non-hydrogen) atoms. The van der Waals surface area contributed by atoms with E-state index in [0.717, 1.165) is 12.0 Å². The number of nitrogens with two attached hydrogens (primary N) is 1. The van der Waals surface area contributed by atoms with E-state index in [-0.39, 0.29) is 5.91 Å². The van der Waals surface area contributed by atoms with Crippen LogP contribution in [-0.4, -0.2) is 24.0 Å². The largest absolute Gasteiger partial charge is 0.496 e. The average Bonchev–Trinajstić information content (AvgIpc) is 3.26. The molecule has 6 heteroatoms. The molecule has 1 unspecified atom stereocenters. The van der Waals surface area contributed by atoms with Gasteiger partial charge in [-0.25, -0.2) is 4.98 Å². The molecule has 3 N–H and O–H groups in total. The van der Waals surface area contributed by atoms with Gasteiger partial charge in [-0.05, 0) is 24.5 Å². The molecule has 6 nitrogen and oxygen atoms in total. The van der Waals surface area contributed by atoms with Crippen LogP contribution in [-0.2, 0) is 4.79 Å². The summed E-state index contributed by atoms with van der Waals surface area (Å²) in [6, 6.07) is 4.90. The molecule has 1 aromatic carbocycles. The van der Waals surface area contributed by atoms with Crippen molar-refractivity contribution in [2.75, 3.05) is 12.4 Å². The van der Waals surface area contributed by atoms with Crippen LogP contribution in [0.2, 0.25) is 0 Å². The minimum Gasteiger partial charge on any atom is -0.496 e. The Morgan fingerprint density at radius 3 is 2.79 bits per heavy atom. The fourth-order valence-electron chi connectivity index (χ4n) is 2.38. The number of amides is 1. The Morgan fingerprint density at radius 2 is 2.21 bits per heavy atom. The first-order valence-electron chi connectivity index (χ1n) is 8.30. The van der Waals surface area contributed by atoms with E-state index >= 15 is 0 Å². The maximum Gasteiger partial charge on any atom is 0.241 e. The number of carbonyl (C=O) groups is 1. The van der Waals surface area contributed by atoms with Crippen LogP contribution >= 0.6 is 0 Å². The first-order chi connectivity index (χ1) is 11.7. The molecule has 0 radical (unpaired) electrons. The molecule has 0 aliphatic heterocycles. The van der Waals surface area contributed by atoms with Crippen molar-refractivity contribution < 1.29 is 13.9 Å². The second-order valence-electron chi connectivity index (χ2n) is 5.56. The molecule has 3 rings (SSSR count). The first kappa shape index (κ1) is 18.0. The van der Waals surface area contributed by atoms with E-state index in [1.54, 1.807) is 25.4 Å². The highest BCUT2D eigenvalue weighted by Crippen LogP contribution is 2.34. The molecule has 130 valence electrons. The van der Waals surface area contributed by atoms with E-state index in [2.05, 4.69) is 10.3 Å². The van der Waals surface area contributed by atoms with Crippen LogP contribution in [0.25, 0.3) is 11.3 Å². The normalized spacial score (nSPS) is 14.3. The molecular weight excluding hydrogens is 306 g/mol. The summed E-state index contributed by atoms with van der Waals surface area (Å²) in [6.07, 6.45) is 6.09. The maximum absolute atomic E-state index is 12.1. The van der Waals surface area contributed by atoms with Crippen LogP contribution in [0.1, 0.15) is 33.1 Å². The van der Waals surface area contributed by atoms with Crippen LogP contribution in [0, 0.1) is 5.92 Å². The van der Waals surface area contributed by atoms with Gasteiger partial charge in [0.15, 0.2) is 12.2 Å². The smallest absolute Gasteiger partial charge is 0.241 e. The van der Waals surface area contributed by atoms with Gasteiger partial charge in [0.25, 0.3) is 0 Å². The number of carbonyl (C=O) groups excluding carboxylic acids is 1. The number of hydrogen-bond donors (Lipinski definition) is 2. The number of ether oxygens (including phenoxy) is 1. The maximum atomic E-state index is 12.1. The van der Waals surface area contributed by atoms with Crippen LogP contribution in [0.3, 0.4) is 0 Å². The highest BCUT2D eigenvalue weighted by molar-refractivity contribution is 5.95. The lowest BCUT2D eigenvalue weighted by Crippen LogP contribution is -2.35. The van der Waals surface area contributed by atoms with Crippen molar-refractivity contribution in [3.05, 3.63) is 30.8 Å². The van der Waals surface area contributed by atoms with Crippen LogP contribution in [0.15, 0.2) is 35.2 Å². The van der Waals surface area contributed by atoms with Crippen molar-refractivity contribution in [3.8, 4) is 17.1 Å². The van der Waals surface area contributed by atoms with E-state index < -0.39 is 6.04 Å². The van der Waals surface area contributed by atoms with E-state index in [1.165, 1.54) is 19.2 Å². The Kier molecular flexibility index (Phi) is 6.37. The van der Waals surface area contributed by atoms with E-state index in [4.69, 9.17) is 14.9 Å². The summed E-state index contributed by atoms with van der Waals surface area (Å²) in [7, 11) is 1.57. The number of benzene rings is 1. The zero-order chi connectivity index (χ0) is 17.5. The second-order valence-corrected chi connectivity index (χ2v) is 5.56. The van der Waals surface area contributed by atoms with Crippen LogP contribution < -0.4 is 15.8 Å². The van der Waals surface area contributed by atoms with Crippen LogP contribution in [0.4, 0.5) is 5.69 Å². The predicted molar refractivity (Wildman–Crippen MR) is 93.8 cm³/mol. The van der Waals surface area contributed by atoms with E-state index in [9.17, 15) is 4.79 Å². The Morgan fingerprint density at radius 1 is 1.46 bits per heavy atom. The number of nitrogens with one attached hydrogen (secondary N) is 1. The number of methoxy groups -OCH3 is 1. The van der Waals surface area contributed by atoms with Crippen molar-refractivity contribution in [2.24, 2.45) is 11.7 Å². The number of hydrogen-bond acceptors (Lipinski definition) is 5. The van der Waals surface area contributed by atoms with Crippen molar-refractivity contribution in [2.45, 2.75) is 39.2 Å². The molecule has 0 bridgehead atoms. The van der Waals surface area contributed by atoms with Crippen molar-refractivity contribution in [3.63, 3.8) is 0 Å². The Hall–Kier alpha value is -2.34. The predicted octanol–water partition coefficient (Wildman–Crippen LogP) is 3.44. The van der Waals surface area contributed by atoms with Gasteiger partial charge in [-0.15, -0.1) is 0 Å². The molecule has 1 aliphatic rings. The quantitative estimate of drug-likeness (QED) is 0.846. The van der Waals surface area contributed by atoms with Gasteiger partial charge < -0.3 is 20.2 Å². The van der Waals surface area contributed by atoms with Gasteiger partial charge in [0.1, 0.15) is 5.75 Å². The highest BCUT2D eigenvalue weighted by Gasteiger charge is 2.27. The Labute approximate surface area is 142 Å². The molecule has 1 fully saturated rings. The van der Waals surface area contributed by atoms with Gasteiger partial charge in [0.05, 0.1) is 24.9 Å². The number of nitrogens with zero attached hydrogens (tertiary/aromatic N) is 1. The van der Waals surface area contributed by atoms with Crippen molar-refractivity contribution >= 4 is 11.6 Å². The number of anilines is 1.